The summed E-state index contributed by atoms with van der Waals surface area (Å²) < 4.78 is 7.57. The first-order chi connectivity index (χ1) is 15.5. The number of aromatic nitrogens is 4. The lowest BCUT2D eigenvalue weighted by Crippen LogP contribution is -2.40. The van der Waals surface area contributed by atoms with Gasteiger partial charge in [0, 0.05) is 24.7 Å². The van der Waals surface area contributed by atoms with Gasteiger partial charge in [-0.15, -0.1) is 0 Å². The molecule has 0 aliphatic carbocycles. The van der Waals surface area contributed by atoms with Crippen molar-refractivity contribution in [1.29, 1.82) is 0 Å². The van der Waals surface area contributed by atoms with Crippen molar-refractivity contribution in [3.05, 3.63) is 47.5 Å². The third-order valence-corrected chi connectivity index (χ3v) is 6.06. The zero-order valence-electron chi connectivity index (χ0n) is 17.8. The van der Waals surface area contributed by atoms with Gasteiger partial charge in [-0.05, 0) is 31.6 Å². The number of likely N-dealkylation sites (N-methyl/N-ethyl adjacent to an activating group) is 1. The minimum atomic E-state index is -1.12. The molecule has 1 saturated heterocycles. The van der Waals surface area contributed by atoms with Crippen LogP contribution in [0.4, 0.5) is 5.82 Å². The Kier molecular flexibility index (Phi) is 7.19. The Morgan fingerprint density at radius 2 is 2.00 bits per heavy atom. The molecule has 0 bridgehead atoms. The van der Waals surface area contributed by atoms with Gasteiger partial charge < -0.3 is 30.9 Å². The van der Waals surface area contributed by atoms with Crippen LogP contribution in [0.25, 0.3) is 11.2 Å². The fourth-order valence-electron chi connectivity index (χ4n) is 3.88. The zero-order chi connectivity index (χ0) is 22.7. The van der Waals surface area contributed by atoms with Crippen LogP contribution in [0.15, 0.2) is 36.9 Å². The van der Waals surface area contributed by atoms with Crippen molar-refractivity contribution in [2.24, 2.45) is 0 Å². The fourth-order valence-corrected chi connectivity index (χ4v) is 4.11. The number of rotatable bonds is 9. The van der Waals surface area contributed by atoms with Crippen LogP contribution in [-0.2, 0) is 11.2 Å². The quantitative estimate of drug-likeness (QED) is 0.335. The van der Waals surface area contributed by atoms with Crippen molar-refractivity contribution in [2.45, 2.75) is 31.0 Å². The van der Waals surface area contributed by atoms with E-state index in [4.69, 9.17) is 22.1 Å². The van der Waals surface area contributed by atoms with Crippen LogP contribution in [0, 0.1) is 0 Å². The van der Waals surface area contributed by atoms with Crippen LogP contribution in [0.5, 0.6) is 0 Å². The average molecular weight is 462 g/mol. The van der Waals surface area contributed by atoms with Crippen molar-refractivity contribution in [2.75, 3.05) is 39.0 Å². The van der Waals surface area contributed by atoms with E-state index in [-0.39, 0.29) is 5.82 Å². The smallest absolute Gasteiger partial charge is 0.167 e. The van der Waals surface area contributed by atoms with Gasteiger partial charge in [0.1, 0.15) is 30.2 Å². The molecule has 3 heterocycles. The number of benzene rings is 1. The maximum atomic E-state index is 10.6. The lowest BCUT2D eigenvalue weighted by atomic mass is 10.1. The number of hydrogen-bond acceptors (Lipinski definition) is 9. The molecule has 0 saturated carbocycles. The normalized spacial score (nSPS) is 23.4. The number of halogens is 1. The standard InChI is InChI=1S/C21H28ClN7O3/c1-28(9-8-24-7-6-13-4-2-3-5-14(13)22)10-15-17(30)18(31)21(32-15)29-12-27-16-19(23)25-11-26-20(16)29/h2-5,11-12,15,17-18,21,24,30-31H,6-10H2,1H3,(H2,23,25,26)/t15-,17-,18-,21-/m1/s1. The Labute approximate surface area is 191 Å². The molecule has 10 nitrogen and oxygen atoms in total. The van der Waals surface area contributed by atoms with E-state index in [1.807, 2.05) is 31.3 Å². The van der Waals surface area contributed by atoms with E-state index in [0.717, 1.165) is 36.6 Å². The van der Waals surface area contributed by atoms with Gasteiger partial charge in [0.2, 0.25) is 0 Å². The lowest BCUT2D eigenvalue weighted by Gasteiger charge is -2.23. The molecule has 0 amide bonds. The Morgan fingerprint density at radius 1 is 1.19 bits per heavy atom. The molecule has 4 atom stereocenters. The summed E-state index contributed by atoms with van der Waals surface area (Å²) in [6, 6.07) is 7.83. The molecule has 0 spiro atoms. The van der Waals surface area contributed by atoms with E-state index in [1.54, 1.807) is 4.57 Å². The summed E-state index contributed by atoms with van der Waals surface area (Å²) in [5.41, 5.74) is 7.84. The number of hydrogen-bond donors (Lipinski definition) is 4. The minimum Gasteiger partial charge on any atom is -0.387 e. The number of nitrogens with two attached hydrogens (primary N) is 1. The highest BCUT2D eigenvalue weighted by Gasteiger charge is 2.44. The molecule has 1 aliphatic heterocycles. The van der Waals surface area contributed by atoms with E-state index in [0.29, 0.717) is 17.7 Å². The Hall–Kier alpha value is -2.34. The Bertz CT molecular complexity index is 1050. The SMILES string of the molecule is CN(CCNCCc1ccccc1Cl)C[C@H]1O[C@@H](n2cnc3c(N)ncnc32)[C@H](O)[C@@H]1O. The maximum Gasteiger partial charge on any atom is 0.167 e. The molecule has 1 fully saturated rings. The van der Waals surface area contributed by atoms with Crippen molar-refractivity contribution in [1.82, 2.24) is 29.7 Å². The zero-order valence-corrected chi connectivity index (χ0v) is 18.6. The largest absolute Gasteiger partial charge is 0.387 e. The van der Waals surface area contributed by atoms with E-state index in [2.05, 4.69) is 25.2 Å². The van der Waals surface area contributed by atoms with Crippen LogP contribution >= 0.6 is 11.6 Å². The average Bonchev–Trinajstić information content (AvgIpc) is 3.32. The Balaban J connectivity index is 1.27. The molecule has 32 heavy (non-hydrogen) atoms. The maximum absolute atomic E-state index is 10.6. The number of nitrogen functional groups attached to an aromatic ring is 1. The number of imidazole rings is 1. The molecule has 1 aliphatic rings. The van der Waals surface area contributed by atoms with Crippen molar-refractivity contribution in [3.8, 4) is 0 Å². The molecule has 1 aromatic carbocycles. The predicted octanol–water partition coefficient (Wildman–Crippen LogP) is 0.445. The van der Waals surface area contributed by atoms with Crippen LogP contribution in [0.3, 0.4) is 0 Å². The van der Waals surface area contributed by atoms with Crippen LogP contribution in [0.1, 0.15) is 11.8 Å². The van der Waals surface area contributed by atoms with E-state index in [9.17, 15) is 10.2 Å². The highest BCUT2D eigenvalue weighted by Crippen LogP contribution is 2.32. The first-order valence-electron chi connectivity index (χ1n) is 10.5. The molecule has 3 aromatic rings. The van der Waals surface area contributed by atoms with Crippen LogP contribution in [-0.4, -0.2) is 86.2 Å². The van der Waals surface area contributed by atoms with Crippen molar-refractivity contribution in [3.63, 3.8) is 0 Å². The molecule has 0 unspecified atom stereocenters. The number of aliphatic hydroxyl groups is 2. The summed E-state index contributed by atoms with van der Waals surface area (Å²) in [7, 11) is 1.95. The fraction of sp³-hybridized carbons (Fsp3) is 0.476. The number of aliphatic hydroxyl groups excluding tert-OH is 2. The first kappa shape index (κ1) is 22.8. The molecular formula is C21H28ClN7O3. The molecule has 2 aromatic heterocycles. The van der Waals surface area contributed by atoms with Crippen LogP contribution < -0.4 is 11.1 Å². The summed E-state index contributed by atoms with van der Waals surface area (Å²) in [5, 5.41) is 25.3. The number of fused-ring (bicyclic) bond motifs is 1. The molecule has 5 N–H and O–H groups in total. The van der Waals surface area contributed by atoms with Crippen molar-refractivity contribution < 1.29 is 14.9 Å². The van der Waals surface area contributed by atoms with Gasteiger partial charge in [-0.2, -0.15) is 0 Å². The van der Waals surface area contributed by atoms with Gasteiger partial charge >= 0.3 is 0 Å². The molecule has 4 rings (SSSR count). The monoisotopic (exact) mass is 461 g/mol. The summed E-state index contributed by atoms with van der Waals surface area (Å²) in [6.45, 7) is 2.82. The van der Waals surface area contributed by atoms with Gasteiger partial charge in [-0.25, -0.2) is 15.0 Å². The summed E-state index contributed by atoms with van der Waals surface area (Å²) in [5.74, 6) is 0.250. The second kappa shape index (κ2) is 10.1. The number of nitrogens with zero attached hydrogens (tertiary/aromatic N) is 5. The number of anilines is 1. The molecular weight excluding hydrogens is 434 g/mol. The Morgan fingerprint density at radius 3 is 2.81 bits per heavy atom. The van der Waals surface area contributed by atoms with E-state index >= 15 is 0 Å². The molecule has 0 radical (unpaired) electrons. The second-order valence-electron chi connectivity index (χ2n) is 7.98. The number of nitrogens with one attached hydrogen (secondary N) is 1. The van der Waals surface area contributed by atoms with Gasteiger partial charge in [0.05, 0.1) is 6.33 Å². The lowest BCUT2D eigenvalue weighted by molar-refractivity contribution is -0.0420. The highest BCUT2D eigenvalue weighted by atomic mass is 35.5. The topological polar surface area (TPSA) is 135 Å². The third-order valence-electron chi connectivity index (χ3n) is 5.69. The van der Waals surface area contributed by atoms with Gasteiger partial charge in [0.15, 0.2) is 17.7 Å². The van der Waals surface area contributed by atoms with Gasteiger partial charge in [0.25, 0.3) is 0 Å². The van der Waals surface area contributed by atoms with Gasteiger partial charge in [-0.1, -0.05) is 29.8 Å². The number of ether oxygens (including phenoxy) is 1. The minimum absolute atomic E-state index is 0.250. The van der Waals surface area contributed by atoms with Crippen LogP contribution in [0.2, 0.25) is 5.02 Å². The van der Waals surface area contributed by atoms with Crippen molar-refractivity contribution >= 4 is 28.6 Å². The second-order valence-corrected chi connectivity index (χ2v) is 8.39. The summed E-state index contributed by atoms with van der Waals surface area (Å²) >= 11 is 6.18. The first-order valence-corrected chi connectivity index (χ1v) is 10.9. The van der Waals surface area contributed by atoms with E-state index < -0.39 is 24.5 Å². The predicted molar refractivity (Wildman–Crippen MR) is 121 cm³/mol. The molecule has 11 heteroatoms. The third kappa shape index (κ3) is 4.85. The summed E-state index contributed by atoms with van der Waals surface area (Å²) in [6.07, 6.45) is 0.164. The highest BCUT2D eigenvalue weighted by molar-refractivity contribution is 6.31. The van der Waals surface area contributed by atoms with Gasteiger partial charge in [-0.3, -0.25) is 4.57 Å². The van der Waals surface area contributed by atoms with E-state index in [1.165, 1.54) is 12.7 Å². The molecule has 172 valence electrons. The summed E-state index contributed by atoms with van der Waals surface area (Å²) in [4.78, 5) is 14.4.